The molecule has 1 aliphatic rings. The molecule has 0 spiro atoms. The molecule has 3 heterocycles. The lowest BCUT2D eigenvalue weighted by Gasteiger charge is -2.26. The summed E-state index contributed by atoms with van der Waals surface area (Å²) in [7, 11) is -3.06. The Morgan fingerprint density at radius 3 is 2.87 bits per heavy atom. The second-order valence-corrected chi connectivity index (χ2v) is 8.02. The van der Waals surface area contributed by atoms with E-state index in [0.717, 1.165) is 12.1 Å². The third-order valence-electron chi connectivity index (χ3n) is 4.00. The van der Waals surface area contributed by atoms with E-state index in [1.807, 2.05) is 13.8 Å². The number of carbonyl (C=O) groups excluding carboxylic acids is 1. The number of aryl methyl sites for hydroxylation is 1. The van der Waals surface area contributed by atoms with Crippen LogP contribution < -0.4 is 0 Å². The third-order valence-corrected chi connectivity index (χ3v) is 5.75. The Kier molecular flexibility index (Phi) is 4.05. The van der Waals surface area contributed by atoms with Crippen LogP contribution in [0.2, 0.25) is 0 Å². The van der Waals surface area contributed by atoms with E-state index >= 15 is 0 Å². The van der Waals surface area contributed by atoms with Gasteiger partial charge < -0.3 is 4.90 Å². The quantitative estimate of drug-likeness (QED) is 0.804. The zero-order valence-corrected chi connectivity index (χ0v) is 14.0. The summed E-state index contributed by atoms with van der Waals surface area (Å²) in [6.07, 6.45) is 2.83. The maximum Gasteiger partial charge on any atom is 0.293 e. The van der Waals surface area contributed by atoms with Gasteiger partial charge in [0.1, 0.15) is 0 Å². The van der Waals surface area contributed by atoms with Gasteiger partial charge in [-0.1, -0.05) is 6.92 Å². The van der Waals surface area contributed by atoms with Crippen LogP contribution in [0.1, 0.15) is 36.1 Å². The first-order valence-corrected chi connectivity index (χ1v) is 9.43. The number of nitrogens with zero attached hydrogens (tertiary/aromatic N) is 5. The Morgan fingerprint density at radius 1 is 1.48 bits per heavy atom. The minimum absolute atomic E-state index is 0.0173. The number of amides is 1. The standard InChI is InChI=1S/C14H19N5O3S/c1-3-7-18(11-5-8-23(21,22)9-11)13(20)12-16-14-15-6-4-10(2)19(14)17-12/h4,6,11H,3,5,7-9H2,1-2H3. The SMILES string of the molecule is CCCN(C(=O)c1nc2nccc(C)n2n1)C1CCS(=O)(=O)C1. The minimum atomic E-state index is -3.06. The predicted molar refractivity (Wildman–Crippen MR) is 83.9 cm³/mol. The molecule has 2 aromatic heterocycles. The summed E-state index contributed by atoms with van der Waals surface area (Å²) in [5.41, 5.74) is 0.826. The molecular weight excluding hydrogens is 318 g/mol. The summed E-state index contributed by atoms with van der Waals surface area (Å²) < 4.78 is 24.9. The molecule has 0 bridgehead atoms. The molecule has 1 amide bonds. The molecule has 1 aliphatic heterocycles. The second-order valence-electron chi connectivity index (χ2n) is 5.79. The molecule has 0 radical (unpaired) electrons. The number of carbonyl (C=O) groups is 1. The van der Waals surface area contributed by atoms with E-state index in [2.05, 4.69) is 15.1 Å². The van der Waals surface area contributed by atoms with Crippen molar-refractivity contribution in [3.63, 3.8) is 0 Å². The summed E-state index contributed by atoms with van der Waals surface area (Å²) in [6.45, 7) is 4.29. The molecule has 3 rings (SSSR count). The lowest BCUT2D eigenvalue weighted by atomic mass is 10.2. The molecule has 1 atom stereocenters. The smallest absolute Gasteiger partial charge is 0.293 e. The Hall–Kier alpha value is -2.03. The van der Waals surface area contributed by atoms with Gasteiger partial charge >= 0.3 is 0 Å². The average Bonchev–Trinajstić information content (AvgIpc) is 3.08. The predicted octanol–water partition coefficient (Wildman–Crippen LogP) is 0.472. The maximum absolute atomic E-state index is 12.8. The fraction of sp³-hybridized carbons (Fsp3) is 0.571. The molecule has 0 saturated carbocycles. The van der Waals surface area contributed by atoms with E-state index in [-0.39, 0.29) is 29.3 Å². The summed E-state index contributed by atoms with van der Waals surface area (Å²) in [6, 6.07) is 1.48. The molecule has 0 aliphatic carbocycles. The fourth-order valence-electron chi connectivity index (χ4n) is 2.84. The van der Waals surface area contributed by atoms with Gasteiger partial charge in [0.15, 0.2) is 9.84 Å². The Bertz CT molecular complexity index is 845. The monoisotopic (exact) mass is 337 g/mol. The number of sulfone groups is 1. The van der Waals surface area contributed by atoms with Crippen LogP contribution in [0, 0.1) is 6.92 Å². The second kappa shape index (κ2) is 5.88. The van der Waals surface area contributed by atoms with Crippen molar-refractivity contribution in [1.82, 2.24) is 24.5 Å². The van der Waals surface area contributed by atoms with Crippen molar-refractivity contribution in [2.24, 2.45) is 0 Å². The van der Waals surface area contributed by atoms with Gasteiger partial charge in [0, 0.05) is 24.5 Å². The minimum Gasteiger partial charge on any atom is -0.332 e. The van der Waals surface area contributed by atoms with E-state index in [0.29, 0.717) is 18.7 Å². The summed E-state index contributed by atoms with van der Waals surface area (Å²) >= 11 is 0. The first kappa shape index (κ1) is 15.9. The molecule has 2 aromatic rings. The van der Waals surface area contributed by atoms with Crippen LogP contribution in [-0.4, -0.2) is 62.9 Å². The van der Waals surface area contributed by atoms with Crippen LogP contribution in [0.15, 0.2) is 12.3 Å². The van der Waals surface area contributed by atoms with Gasteiger partial charge in [-0.25, -0.2) is 17.9 Å². The average molecular weight is 337 g/mol. The number of aromatic nitrogens is 4. The van der Waals surface area contributed by atoms with Crippen molar-refractivity contribution in [2.75, 3.05) is 18.1 Å². The van der Waals surface area contributed by atoms with E-state index in [9.17, 15) is 13.2 Å². The lowest BCUT2D eigenvalue weighted by Crippen LogP contribution is -2.42. The van der Waals surface area contributed by atoms with Gasteiger partial charge in [-0.15, -0.1) is 5.10 Å². The molecule has 0 aromatic carbocycles. The third kappa shape index (κ3) is 3.05. The lowest BCUT2D eigenvalue weighted by molar-refractivity contribution is 0.0684. The molecule has 1 unspecified atom stereocenters. The molecule has 23 heavy (non-hydrogen) atoms. The first-order chi connectivity index (χ1) is 10.9. The van der Waals surface area contributed by atoms with E-state index in [1.165, 1.54) is 4.52 Å². The highest BCUT2D eigenvalue weighted by atomic mass is 32.2. The topological polar surface area (TPSA) is 97.5 Å². The van der Waals surface area contributed by atoms with Gasteiger partial charge in [-0.05, 0) is 25.8 Å². The summed E-state index contributed by atoms with van der Waals surface area (Å²) in [5, 5.41) is 4.23. The number of hydrogen-bond acceptors (Lipinski definition) is 6. The number of fused-ring (bicyclic) bond motifs is 1. The number of hydrogen-bond donors (Lipinski definition) is 0. The van der Waals surface area contributed by atoms with E-state index in [4.69, 9.17) is 0 Å². The first-order valence-electron chi connectivity index (χ1n) is 7.61. The highest BCUT2D eigenvalue weighted by Crippen LogP contribution is 2.20. The van der Waals surface area contributed by atoms with Crippen molar-refractivity contribution in [3.8, 4) is 0 Å². The largest absolute Gasteiger partial charge is 0.332 e. The van der Waals surface area contributed by atoms with Crippen LogP contribution >= 0.6 is 0 Å². The van der Waals surface area contributed by atoms with E-state index < -0.39 is 9.84 Å². The van der Waals surface area contributed by atoms with Gasteiger partial charge in [0.2, 0.25) is 5.82 Å². The molecular formula is C14H19N5O3S. The van der Waals surface area contributed by atoms with Crippen molar-refractivity contribution in [2.45, 2.75) is 32.7 Å². The molecule has 1 saturated heterocycles. The zero-order chi connectivity index (χ0) is 16.6. The van der Waals surface area contributed by atoms with Crippen molar-refractivity contribution >= 4 is 21.5 Å². The van der Waals surface area contributed by atoms with Gasteiger partial charge in [0.25, 0.3) is 11.7 Å². The summed E-state index contributed by atoms with van der Waals surface area (Å²) in [4.78, 5) is 22.6. The molecule has 0 N–H and O–H groups in total. The van der Waals surface area contributed by atoms with Crippen molar-refractivity contribution in [1.29, 1.82) is 0 Å². The molecule has 8 nitrogen and oxygen atoms in total. The normalized spacial score (nSPS) is 20.0. The Morgan fingerprint density at radius 2 is 2.26 bits per heavy atom. The maximum atomic E-state index is 12.8. The van der Waals surface area contributed by atoms with Crippen LogP contribution in [0.4, 0.5) is 0 Å². The Balaban J connectivity index is 1.92. The fourth-order valence-corrected chi connectivity index (χ4v) is 4.57. The van der Waals surface area contributed by atoms with Crippen molar-refractivity contribution < 1.29 is 13.2 Å². The Labute approximate surface area is 134 Å². The van der Waals surface area contributed by atoms with Crippen LogP contribution in [-0.2, 0) is 9.84 Å². The van der Waals surface area contributed by atoms with Crippen LogP contribution in [0.3, 0.4) is 0 Å². The molecule has 124 valence electrons. The van der Waals surface area contributed by atoms with Gasteiger partial charge in [-0.3, -0.25) is 4.79 Å². The van der Waals surface area contributed by atoms with Crippen molar-refractivity contribution in [3.05, 3.63) is 23.8 Å². The van der Waals surface area contributed by atoms with Gasteiger partial charge in [-0.2, -0.15) is 4.98 Å². The summed E-state index contributed by atoms with van der Waals surface area (Å²) in [5.74, 6) is 0.237. The molecule has 9 heteroatoms. The zero-order valence-electron chi connectivity index (χ0n) is 13.1. The number of rotatable bonds is 4. The molecule has 1 fully saturated rings. The highest BCUT2D eigenvalue weighted by Gasteiger charge is 2.35. The van der Waals surface area contributed by atoms with E-state index in [1.54, 1.807) is 17.2 Å². The van der Waals surface area contributed by atoms with Crippen LogP contribution in [0.25, 0.3) is 5.78 Å². The van der Waals surface area contributed by atoms with Gasteiger partial charge in [0.05, 0.1) is 11.5 Å². The highest BCUT2D eigenvalue weighted by molar-refractivity contribution is 7.91. The van der Waals surface area contributed by atoms with Crippen LogP contribution in [0.5, 0.6) is 0 Å².